The minimum Gasteiger partial charge on any atom is -0.456 e. The molecular formula is C27H33ClN2O2. The summed E-state index contributed by atoms with van der Waals surface area (Å²) in [5, 5.41) is 13.4. The van der Waals surface area contributed by atoms with Gasteiger partial charge in [0.05, 0.1) is 16.5 Å². The molecule has 1 aliphatic heterocycles. The summed E-state index contributed by atoms with van der Waals surface area (Å²) in [5.41, 5.74) is 0.883. The Bertz CT molecular complexity index is 1030. The predicted octanol–water partition coefficient (Wildman–Crippen LogP) is 7.06. The van der Waals surface area contributed by atoms with Crippen molar-refractivity contribution in [1.29, 1.82) is 5.26 Å². The Morgan fingerprint density at radius 2 is 1.81 bits per heavy atom. The Balaban J connectivity index is 1.72. The lowest BCUT2D eigenvalue weighted by Gasteiger charge is -2.46. The number of benzene rings is 2. The van der Waals surface area contributed by atoms with Crippen molar-refractivity contribution < 1.29 is 9.53 Å². The first-order chi connectivity index (χ1) is 14.8. The molecular weight excluding hydrogens is 420 g/mol. The van der Waals surface area contributed by atoms with Crippen LogP contribution in [0.2, 0.25) is 5.02 Å². The van der Waals surface area contributed by atoms with Gasteiger partial charge in [-0.1, -0.05) is 23.7 Å². The zero-order valence-corrected chi connectivity index (χ0v) is 20.6. The van der Waals surface area contributed by atoms with E-state index < -0.39 is 5.41 Å². The number of carbonyl (C=O) groups is 1. The van der Waals surface area contributed by atoms with E-state index in [1.165, 1.54) is 0 Å². The zero-order valence-electron chi connectivity index (χ0n) is 19.9. The second-order valence-corrected chi connectivity index (χ2v) is 11.2. The second-order valence-electron chi connectivity index (χ2n) is 10.8. The lowest BCUT2D eigenvalue weighted by molar-refractivity contribution is 0.0864. The Hall–Kier alpha value is -2.35. The van der Waals surface area contributed by atoms with E-state index >= 15 is 0 Å². The topological polar surface area (TPSA) is 62.1 Å². The van der Waals surface area contributed by atoms with E-state index in [2.05, 4.69) is 39.1 Å². The molecule has 0 spiro atoms. The van der Waals surface area contributed by atoms with Gasteiger partial charge >= 0.3 is 0 Å². The maximum absolute atomic E-state index is 13.0. The van der Waals surface area contributed by atoms with E-state index in [1.807, 2.05) is 38.1 Å². The molecule has 2 aromatic rings. The smallest absolute Gasteiger partial charge is 0.163 e. The van der Waals surface area contributed by atoms with Crippen LogP contribution in [0, 0.1) is 17.2 Å². The fourth-order valence-electron chi connectivity index (χ4n) is 4.95. The summed E-state index contributed by atoms with van der Waals surface area (Å²) in [5.74, 6) is 1.52. The Morgan fingerprint density at radius 1 is 1.16 bits per heavy atom. The fourth-order valence-corrected chi connectivity index (χ4v) is 5.17. The van der Waals surface area contributed by atoms with Crippen LogP contribution in [0.3, 0.4) is 0 Å². The average molecular weight is 453 g/mol. The lowest BCUT2D eigenvalue weighted by Crippen LogP contribution is -2.57. The van der Waals surface area contributed by atoms with Gasteiger partial charge in [-0.3, -0.25) is 4.79 Å². The maximum atomic E-state index is 13.0. The zero-order chi connectivity index (χ0) is 23.7. The molecule has 0 saturated carbocycles. The first kappa shape index (κ1) is 24.3. The summed E-state index contributed by atoms with van der Waals surface area (Å²) in [6, 6.07) is 15.0. The van der Waals surface area contributed by atoms with Gasteiger partial charge in [0.15, 0.2) is 5.78 Å². The highest BCUT2D eigenvalue weighted by Crippen LogP contribution is 2.36. The van der Waals surface area contributed by atoms with Gasteiger partial charge in [0.1, 0.15) is 11.5 Å². The van der Waals surface area contributed by atoms with Crippen molar-refractivity contribution in [3.05, 3.63) is 58.6 Å². The normalized spacial score (nSPS) is 18.1. The minimum absolute atomic E-state index is 0.0106. The van der Waals surface area contributed by atoms with E-state index in [1.54, 1.807) is 18.2 Å². The molecule has 0 aliphatic carbocycles. The van der Waals surface area contributed by atoms with E-state index in [0.29, 0.717) is 34.4 Å². The average Bonchev–Trinajstić information content (AvgIpc) is 2.67. The van der Waals surface area contributed by atoms with Crippen molar-refractivity contribution >= 4 is 17.4 Å². The molecule has 0 radical (unpaired) electrons. The molecule has 3 rings (SSSR count). The minimum atomic E-state index is -0.614. The Labute approximate surface area is 196 Å². The molecule has 1 heterocycles. The van der Waals surface area contributed by atoms with Gasteiger partial charge in [-0.2, -0.15) is 5.26 Å². The lowest BCUT2D eigenvalue weighted by atomic mass is 9.74. The van der Waals surface area contributed by atoms with Crippen molar-refractivity contribution in [2.45, 2.75) is 77.3 Å². The van der Waals surface area contributed by atoms with Crippen LogP contribution in [0.1, 0.15) is 76.7 Å². The Morgan fingerprint density at radius 3 is 2.41 bits per heavy atom. The molecule has 32 heavy (non-hydrogen) atoms. The number of hydrogen-bond donors (Lipinski definition) is 1. The van der Waals surface area contributed by atoms with Crippen LogP contribution in [0.25, 0.3) is 0 Å². The van der Waals surface area contributed by atoms with E-state index in [4.69, 9.17) is 16.3 Å². The number of hydrogen-bond acceptors (Lipinski definition) is 4. The van der Waals surface area contributed by atoms with Crippen LogP contribution >= 0.6 is 11.6 Å². The summed E-state index contributed by atoms with van der Waals surface area (Å²) < 4.78 is 5.97. The summed E-state index contributed by atoms with van der Waals surface area (Å²) in [6.07, 6.45) is 2.44. The van der Waals surface area contributed by atoms with Crippen LogP contribution < -0.4 is 10.1 Å². The predicted molar refractivity (Wildman–Crippen MR) is 130 cm³/mol. The number of nitrogens with zero attached hydrogens (tertiary/aromatic N) is 1. The van der Waals surface area contributed by atoms with Crippen LogP contribution in [-0.2, 0) is 5.41 Å². The van der Waals surface area contributed by atoms with E-state index in [9.17, 15) is 10.1 Å². The number of halogens is 1. The maximum Gasteiger partial charge on any atom is 0.163 e. The van der Waals surface area contributed by atoms with Gasteiger partial charge in [0, 0.05) is 23.1 Å². The molecule has 0 unspecified atom stereocenters. The van der Waals surface area contributed by atoms with Gasteiger partial charge < -0.3 is 10.1 Å². The highest BCUT2D eigenvalue weighted by Gasteiger charge is 2.38. The molecule has 1 N–H and O–H groups in total. The highest BCUT2D eigenvalue weighted by atomic mass is 35.5. The van der Waals surface area contributed by atoms with Gasteiger partial charge in [-0.15, -0.1) is 0 Å². The van der Waals surface area contributed by atoms with Crippen LogP contribution in [0.4, 0.5) is 0 Å². The van der Waals surface area contributed by atoms with Crippen LogP contribution in [0.15, 0.2) is 42.5 Å². The molecule has 170 valence electrons. The molecule has 4 nitrogen and oxygen atoms in total. The first-order valence-corrected chi connectivity index (χ1v) is 11.5. The number of carbonyl (C=O) groups excluding carboxylic acids is 1. The SMILES string of the molecule is CC1(C)CC(CC(=O)c2ccc(Oc3cccc(C(C)(C)C#N)c3)c(Cl)c2)CC(C)(C)N1. The molecule has 0 amide bonds. The largest absolute Gasteiger partial charge is 0.456 e. The van der Waals surface area contributed by atoms with Gasteiger partial charge in [0.25, 0.3) is 0 Å². The van der Waals surface area contributed by atoms with Gasteiger partial charge in [-0.05, 0) is 96.2 Å². The number of nitriles is 1. The summed E-state index contributed by atoms with van der Waals surface area (Å²) >= 11 is 6.47. The van der Waals surface area contributed by atoms with Crippen LogP contribution in [-0.4, -0.2) is 16.9 Å². The quantitative estimate of drug-likeness (QED) is 0.476. The molecule has 2 aromatic carbocycles. The van der Waals surface area contributed by atoms with Crippen molar-refractivity contribution in [1.82, 2.24) is 5.32 Å². The van der Waals surface area contributed by atoms with E-state index in [-0.39, 0.29) is 16.9 Å². The van der Waals surface area contributed by atoms with Gasteiger partial charge in [0.2, 0.25) is 0 Å². The van der Waals surface area contributed by atoms with Crippen molar-refractivity contribution in [2.24, 2.45) is 5.92 Å². The van der Waals surface area contributed by atoms with Crippen molar-refractivity contribution in [3.8, 4) is 17.6 Å². The second kappa shape index (κ2) is 8.89. The molecule has 1 saturated heterocycles. The molecule has 0 bridgehead atoms. The van der Waals surface area contributed by atoms with Gasteiger partial charge in [-0.25, -0.2) is 0 Å². The molecule has 0 aromatic heterocycles. The number of Topliss-reactive ketones (excluding diaryl/α,β-unsaturated/α-hetero) is 1. The summed E-state index contributed by atoms with van der Waals surface area (Å²) in [7, 11) is 0. The third-order valence-corrected chi connectivity index (χ3v) is 6.36. The number of rotatable bonds is 6. The number of ether oxygens (including phenoxy) is 1. The number of ketones is 1. The molecule has 1 fully saturated rings. The van der Waals surface area contributed by atoms with Crippen molar-refractivity contribution in [3.63, 3.8) is 0 Å². The monoisotopic (exact) mass is 452 g/mol. The molecule has 5 heteroatoms. The molecule has 0 atom stereocenters. The molecule has 1 aliphatic rings. The van der Waals surface area contributed by atoms with Crippen molar-refractivity contribution in [2.75, 3.05) is 0 Å². The third-order valence-electron chi connectivity index (χ3n) is 6.07. The standard InChI is InChI=1S/C27H33ClN2O2/c1-25(2,17-29)20-8-7-9-21(14-20)32-24-11-10-19(13-22(24)28)23(31)12-18-15-26(3,4)30-27(5,6)16-18/h7-11,13-14,18,30H,12,15-16H2,1-6H3. The highest BCUT2D eigenvalue weighted by molar-refractivity contribution is 6.32. The third kappa shape index (κ3) is 5.91. The first-order valence-electron chi connectivity index (χ1n) is 11.1. The van der Waals surface area contributed by atoms with E-state index in [0.717, 1.165) is 18.4 Å². The summed E-state index contributed by atoms with van der Waals surface area (Å²) in [4.78, 5) is 13.0. The van der Waals surface area contributed by atoms with Crippen LogP contribution in [0.5, 0.6) is 11.5 Å². The Kier molecular flexibility index (Phi) is 6.75. The number of nitrogens with one attached hydrogen (secondary N) is 1. The number of piperidine rings is 1. The summed E-state index contributed by atoms with van der Waals surface area (Å²) in [6.45, 7) is 12.5. The fraction of sp³-hybridized carbons (Fsp3) is 0.481.